The van der Waals surface area contributed by atoms with Crippen molar-refractivity contribution >= 4 is 27.3 Å². The zero-order chi connectivity index (χ0) is 12.6. The summed E-state index contributed by atoms with van der Waals surface area (Å²) in [6.07, 6.45) is -0.923. The van der Waals surface area contributed by atoms with Crippen LogP contribution in [0.1, 0.15) is 36.1 Å². The zero-order valence-electron chi connectivity index (χ0n) is 9.56. The predicted octanol–water partition coefficient (Wildman–Crippen LogP) is 1.48. The first-order chi connectivity index (χ1) is 8.04. The van der Waals surface area contributed by atoms with E-state index in [1.807, 2.05) is 0 Å². The standard InChI is InChI=1S/C10H14N2O4S/c1-3-14-9(13)5-6(8(12)17-7(5)11)10-15-4(2)16-10/h4,10H,3,11-12H2,1-2H3. The Kier molecular flexibility index (Phi) is 3.23. The normalized spacial score (nSPS) is 23.2. The molecular weight excluding hydrogens is 244 g/mol. The average Bonchev–Trinajstić information content (AvgIpc) is 2.49. The van der Waals surface area contributed by atoms with E-state index in [9.17, 15) is 4.79 Å². The average molecular weight is 258 g/mol. The van der Waals surface area contributed by atoms with Crippen LogP contribution in [0.25, 0.3) is 0 Å². The van der Waals surface area contributed by atoms with Crippen molar-refractivity contribution in [1.82, 2.24) is 0 Å². The Morgan fingerprint density at radius 3 is 2.59 bits per heavy atom. The van der Waals surface area contributed by atoms with Gasteiger partial charge in [-0.25, -0.2) is 4.79 Å². The largest absolute Gasteiger partial charge is 0.462 e. The van der Waals surface area contributed by atoms with Crippen LogP contribution in [-0.4, -0.2) is 18.9 Å². The number of thiophene rings is 1. The van der Waals surface area contributed by atoms with E-state index in [-0.39, 0.29) is 18.5 Å². The molecule has 7 heteroatoms. The van der Waals surface area contributed by atoms with Gasteiger partial charge in [0.1, 0.15) is 10.6 Å². The highest BCUT2D eigenvalue weighted by atomic mass is 32.1. The molecule has 1 aliphatic rings. The first-order valence-corrected chi connectivity index (χ1v) is 6.01. The molecule has 0 radical (unpaired) electrons. The molecule has 1 fully saturated rings. The SMILES string of the molecule is CCOC(=O)c1c(N)sc(N)c1C1OC(C)O1. The third-order valence-corrected chi connectivity index (χ3v) is 3.21. The van der Waals surface area contributed by atoms with Crippen LogP contribution >= 0.6 is 11.3 Å². The Hall–Kier alpha value is -1.31. The molecule has 0 unspecified atom stereocenters. The molecule has 94 valence electrons. The van der Waals surface area contributed by atoms with Crippen LogP contribution in [0.5, 0.6) is 0 Å². The fourth-order valence-corrected chi connectivity index (χ4v) is 2.46. The molecule has 4 N–H and O–H groups in total. The Bertz CT molecular complexity index is 440. The lowest BCUT2D eigenvalue weighted by molar-refractivity contribution is -0.382. The third kappa shape index (κ3) is 2.08. The van der Waals surface area contributed by atoms with Crippen molar-refractivity contribution in [2.24, 2.45) is 0 Å². The Morgan fingerprint density at radius 1 is 1.41 bits per heavy atom. The molecule has 0 aromatic carbocycles. The number of carbonyl (C=O) groups excluding carboxylic acids is 1. The number of ether oxygens (including phenoxy) is 3. The van der Waals surface area contributed by atoms with E-state index < -0.39 is 12.3 Å². The number of nitrogens with two attached hydrogens (primary N) is 2. The maximum Gasteiger partial charge on any atom is 0.341 e. The van der Waals surface area contributed by atoms with Gasteiger partial charge in [0.25, 0.3) is 0 Å². The molecule has 1 aromatic rings. The molecule has 2 heterocycles. The summed E-state index contributed by atoms with van der Waals surface area (Å²) < 4.78 is 15.6. The second-order valence-corrected chi connectivity index (χ2v) is 4.60. The van der Waals surface area contributed by atoms with E-state index in [1.54, 1.807) is 13.8 Å². The maximum atomic E-state index is 11.8. The van der Waals surface area contributed by atoms with Crippen LogP contribution in [0, 0.1) is 0 Å². The predicted molar refractivity (Wildman–Crippen MR) is 63.5 cm³/mol. The fraction of sp³-hybridized carbons (Fsp3) is 0.500. The number of nitrogen functional groups attached to an aromatic ring is 2. The highest BCUT2D eigenvalue weighted by Gasteiger charge is 2.36. The van der Waals surface area contributed by atoms with Crippen molar-refractivity contribution in [2.75, 3.05) is 18.1 Å². The Labute approximate surface area is 102 Å². The highest BCUT2D eigenvalue weighted by Crippen LogP contribution is 2.43. The number of carbonyl (C=O) groups is 1. The summed E-state index contributed by atoms with van der Waals surface area (Å²) in [6, 6.07) is 0. The summed E-state index contributed by atoms with van der Waals surface area (Å²) in [4.78, 5) is 11.8. The lowest BCUT2D eigenvalue weighted by Gasteiger charge is -2.34. The molecule has 1 aromatic heterocycles. The van der Waals surface area contributed by atoms with Crippen molar-refractivity contribution in [3.63, 3.8) is 0 Å². The molecule has 1 aliphatic heterocycles. The highest BCUT2D eigenvalue weighted by molar-refractivity contribution is 7.20. The van der Waals surface area contributed by atoms with Gasteiger partial charge in [0.05, 0.1) is 17.2 Å². The van der Waals surface area contributed by atoms with Crippen LogP contribution in [0.15, 0.2) is 0 Å². The molecule has 1 saturated heterocycles. The number of esters is 1. The molecule has 0 amide bonds. The first-order valence-electron chi connectivity index (χ1n) is 5.20. The van der Waals surface area contributed by atoms with Gasteiger partial charge in [0.15, 0.2) is 12.6 Å². The van der Waals surface area contributed by atoms with Gasteiger partial charge in [-0.15, -0.1) is 11.3 Å². The van der Waals surface area contributed by atoms with Gasteiger partial charge >= 0.3 is 5.97 Å². The van der Waals surface area contributed by atoms with Crippen LogP contribution < -0.4 is 11.5 Å². The molecule has 0 saturated carbocycles. The lowest BCUT2D eigenvalue weighted by atomic mass is 10.1. The first kappa shape index (κ1) is 12.2. The smallest absolute Gasteiger partial charge is 0.341 e. The summed E-state index contributed by atoms with van der Waals surface area (Å²) in [6.45, 7) is 3.75. The summed E-state index contributed by atoms with van der Waals surface area (Å²) in [5.41, 5.74) is 12.3. The van der Waals surface area contributed by atoms with E-state index in [0.29, 0.717) is 15.6 Å². The van der Waals surface area contributed by atoms with Gasteiger partial charge in [-0.2, -0.15) is 0 Å². The Balaban J connectivity index is 2.33. The summed E-state index contributed by atoms with van der Waals surface area (Å²) in [7, 11) is 0. The summed E-state index contributed by atoms with van der Waals surface area (Å²) >= 11 is 1.12. The summed E-state index contributed by atoms with van der Waals surface area (Å²) in [5.74, 6) is -0.500. The van der Waals surface area contributed by atoms with Gasteiger partial charge in [-0.1, -0.05) is 0 Å². The van der Waals surface area contributed by atoms with E-state index in [4.69, 9.17) is 25.7 Å². The number of anilines is 2. The van der Waals surface area contributed by atoms with Gasteiger partial charge in [0.2, 0.25) is 0 Å². The number of rotatable bonds is 3. The van der Waals surface area contributed by atoms with Crippen molar-refractivity contribution in [3.05, 3.63) is 11.1 Å². The summed E-state index contributed by atoms with van der Waals surface area (Å²) in [5, 5.41) is 0.741. The third-order valence-electron chi connectivity index (χ3n) is 2.35. The molecule has 0 aliphatic carbocycles. The molecule has 6 nitrogen and oxygen atoms in total. The van der Waals surface area contributed by atoms with E-state index in [2.05, 4.69) is 0 Å². The van der Waals surface area contributed by atoms with E-state index in [1.165, 1.54) is 0 Å². The monoisotopic (exact) mass is 258 g/mol. The van der Waals surface area contributed by atoms with Crippen molar-refractivity contribution < 1.29 is 19.0 Å². The van der Waals surface area contributed by atoms with Crippen LogP contribution in [0.2, 0.25) is 0 Å². The fourth-order valence-electron chi connectivity index (χ4n) is 1.62. The minimum atomic E-state index is -0.627. The lowest BCUT2D eigenvalue weighted by Crippen LogP contribution is -2.33. The molecule has 0 atom stereocenters. The molecule has 2 rings (SSSR count). The number of hydrogen-bond donors (Lipinski definition) is 2. The minimum Gasteiger partial charge on any atom is -0.462 e. The minimum absolute atomic E-state index is 0.256. The molecule has 0 bridgehead atoms. The van der Waals surface area contributed by atoms with E-state index >= 15 is 0 Å². The van der Waals surface area contributed by atoms with Crippen molar-refractivity contribution in [3.8, 4) is 0 Å². The number of hydrogen-bond acceptors (Lipinski definition) is 7. The second kappa shape index (κ2) is 4.52. The topological polar surface area (TPSA) is 96.8 Å². The zero-order valence-corrected chi connectivity index (χ0v) is 10.4. The molecular formula is C10H14N2O4S. The van der Waals surface area contributed by atoms with Crippen LogP contribution in [-0.2, 0) is 14.2 Å². The van der Waals surface area contributed by atoms with Gasteiger partial charge in [-0.3, -0.25) is 0 Å². The molecule has 0 spiro atoms. The van der Waals surface area contributed by atoms with Crippen LogP contribution in [0.3, 0.4) is 0 Å². The second-order valence-electron chi connectivity index (χ2n) is 3.51. The van der Waals surface area contributed by atoms with Crippen molar-refractivity contribution in [1.29, 1.82) is 0 Å². The van der Waals surface area contributed by atoms with Gasteiger partial charge in [0, 0.05) is 0 Å². The van der Waals surface area contributed by atoms with E-state index in [0.717, 1.165) is 11.3 Å². The maximum absolute atomic E-state index is 11.8. The van der Waals surface area contributed by atoms with Crippen molar-refractivity contribution in [2.45, 2.75) is 26.4 Å². The quantitative estimate of drug-likeness (QED) is 0.797. The molecule has 17 heavy (non-hydrogen) atoms. The van der Waals surface area contributed by atoms with Crippen LogP contribution in [0.4, 0.5) is 10.0 Å². The van der Waals surface area contributed by atoms with Gasteiger partial charge in [-0.05, 0) is 13.8 Å². The Morgan fingerprint density at radius 2 is 2.06 bits per heavy atom. The van der Waals surface area contributed by atoms with Gasteiger partial charge < -0.3 is 25.7 Å².